The molecule has 0 fully saturated rings. The molecule has 2 nitrogen and oxygen atoms in total. The number of hydrogen-bond acceptors (Lipinski definition) is 2. The van der Waals surface area contributed by atoms with E-state index in [9.17, 15) is 0 Å². The molecule has 0 aliphatic heterocycles. The lowest BCUT2D eigenvalue weighted by Crippen LogP contribution is -1.95. The predicted molar refractivity (Wildman–Crippen MR) is 109 cm³/mol. The first-order valence-electron chi connectivity index (χ1n) is 7.38. The van der Waals surface area contributed by atoms with Crippen LogP contribution in [0.4, 0.5) is 0 Å². The molecule has 0 atom stereocenters. The van der Waals surface area contributed by atoms with Crippen molar-refractivity contribution in [2.24, 2.45) is 0 Å². The first kappa shape index (κ1) is 18.5. The van der Waals surface area contributed by atoms with Crippen LogP contribution in [0.2, 0.25) is 15.1 Å². The van der Waals surface area contributed by atoms with Gasteiger partial charge in [0, 0.05) is 26.7 Å². The van der Waals surface area contributed by atoms with E-state index in [0.717, 1.165) is 26.7 Å². The van der Waals surface area contributed by atoms with Gasteiger partial charge in [0.25, 0.3) is 0 Å². The first-order chi connectivity index (χ1) is 11.9. The minimum Gasteiger partial charge on any atom is -0.481 e. The molecule has 25 heavy (non-hydrogen) atoms. The monoisotopic (exact) mass is 455 g/mol. The van der Waals surface area contributed by atoms with Crippen molar-refractivity contribution in [2.45, 2.75) is 6.92 Å². The van der Waals surface area contributed by atoms with E-state index in [4.69, 9.17) is 39.5 Å². The number of methoxy groups -OCH3 is 1. The molecule has 0 bridgehead atoms. The molecular weight excluding hydrogens is 444 g/mol. The topological polar surface area (TPSA) is 22.1 Å². The van der Waals surface area contributed by atoms with E-state index in [1.807, 2.05) is 43.3 Å². The Balaban J connectivity index is 2.21. The van der Waals surface area contributed by atoms with Crippen LogP contribution >= 0.6 is 50.7 Å². The van der Waals surface area contributed by atoms with Gasteiger partial charge in [-0.05, 0) is 35.0 Å². The van der Waals surface area contributed by atoms with Gasteiger partial charge in [-0.15, -0.1) is 0 Å². The molecular formula is C19H13BrCl3NO. The Morgan fingerprint density at radius 2 is 1.52 bits per heavy atom. The van der Waals surface area contributed by atoms with Crippen LogP contribution in [0.1, 0.15) is 5.56 Å². The fraction of sp³-hybridized carbons (Fsp3) is 0.105. The molecule has 128 valence electrons. The summed E-state index contributed by atoms with van der Waals surface area (Å²) in [6, 6.07) is 13.2. The van der Waals surface area contributed by atoms with E-state index in [0.29, 0.717) is 26.6 Å². The molecule has 0 saturated carbocycles. The predicted octanol–water partition coefficient (Wildman–Crippen LogP) is 7.46. The number of halogens is 4. The average Bonchev–Trinajstić information content (AvgIpc) is 2.60. The van der Waals surface area contributed by atoms with E-state index < -0.39 is 0 Å². The quantitative estimate of drug-likeness (QED) is 0.407. The van der Waals surface area contributed by atoms with E-state index in [1.54, 1.807) is 13.2 Å². The molecule has 6 heteroatoms. The van der Waals surface area contributed by atoms with Crippen LogP contribution in [-0.4, -0.2) is 12.1 Å². The van der Waals surface area contributed by atoms with Crippen molar-refractivity contribution in [1.82, 2.24) is 4.98 Å². The molecule has 0 amide bonds. The lowest BCUT2D eigenvalue weighted by atomic mass is 10.0. The number of ether oxygens (including phenoxy) is 1. The lowest BCUT2D eigenvalue weighted by molar-refractivity contribution is 0.395. The Morgan fingerprint density at radius 3 is 2.20 bits per heavy atom. The number of benzene rings is 2. The maximum Gasteiger partial charge on any atom is 0.218 e. The third-order valence-corrected chi connectivity index (χ3v) is 5.97. The van der Waals surface area contributed by atoms with Crippen molar-refractivity contribution in [3.05, 3.63) is 67.6 Å². The van der Waals surface area contributed by atoms with Gasteiger partial charge < -0.3 is 4.74 Å². The summed E-state index contributed by atoms with van der Waals surface area (Å²) in [6.45, 7) is 1.86. The molecule has 0 radical (unpaired) electrons. The van der Waals surface area contributed by atoms with Crippen molar-refractivity contribution in [2.75, 3.05) is 7.11 Å². The molecule has 0 aliphatic rings. The van der Waals surface area contributed by atoms with Crippen molar-refractivity contribution >= 4 is 50.7 Å². The van der Waals surface area contributed by atoms with E-state index in [2.05, 4.69) is 20.9 Å². The largest absolute Gasteiger partial charge is 0.481 e. The Morgan fingerprint density at radius 1 is 0.920 bits per heavy atom. The van der Waals surface area contributed by atoms with Crippen LogP contribution in [0.15, 0.2) is 46.9 Å². The average molecular weight is 458 g/mol. The summed E-state index contributed by atoms with van der Waals surface area (Å²) < 4.78 is 6.12. The van der Waals surface area contributed by atoms with Gasteiger partial charge in [-0.3, -0.25) is 0 Å². The van der Waals surface area contributed by atoms with Gasteiger partial charge in [0.05, 0.1) is 27.9 Å². The highest BCUT2D eigenvalue weighted by Gasteiger charge is 2.16. The van der Waals surface area contributed by atoms with Crippen LogP contribution in [0.25, 0.3) is 22.4 Å². The van der Waals surface area contributed by atoms with Gasteiger partial charge >= 0.3 is 0 Å². The first-order valence-corrected chi connectivity index (χ1v) is 9.31. The van der Waals surface area contributed by atoms with Gasteiger partial charge in [0.2, 0.25) is 5.88 Å². The molecule has 0 saturated heterocycles. The third-order valence-electron chi connectivity index (χ3n) is 3.87. The maximum atomic E-state index is 6.69. The fourth-order valence-corrected chi connectivity index (χ4v) is 3.65. The fourth-order valence-electron chi connectivity index (χ4n) is 2.54. The summed E-state index contributed by atoms with van der Waals surface area (Å²) in [6.07, 6.45) is 0. The van der Waals surface area contributed by atoms with Crippen LogP contribution in [-0.2, 0) is 0 Å². The molecule has 1 heterocycles. The molecule has 3 rings (SSSR count). The molecule has 0 unspecified atom stereocenters. The second-order valence-electron chi connectivity index (χ2n) is 5.39. The van der Waals surface area contributed by atoms with Crippen molar-refractivity contribution in [3.8, 4) is 28.3 Å². The number of pyridine rings is 1. The summed E-state index contributed by atoms with van der Waals surface area (Å²) >= 11 is 22.9. The minimum atomic E-state index is 0.476. The van der Waals surface area contributed by atoms with Gasteiger partial charge in [-0.2, -0.15) is 0 Å². The maximum absolute atomic E-state index is 6.69. The zero-order valence-electron chi connectivity index (χ0n) is 13.4. The lowest BCUT2D eigenvalue weighted by Gasteiger charge is -2.13. The van der Waals surface area contributed by atoms with Gasteiger partial charge in [-0.1, -0.05) is 65.1 Å². The summed E-state index contributed by atoms with van der Waals surface area (Å²) in [4.78, 5) is 4.52. The van der Waals surface area contributed by atoms with E-state index >= 15 is 0 Å². The minimum absolute atomic E-state index is 0.476. The van der Waals surface area contributed by atoms with Crippen LogP contribution in [0.3, 0.4) is 0 Å². The highest BCUT2D eigenvalue weighted by Crippen LogP contribution is 2.41. The number of aromatic nitrogens is 1. The van der Waals surface area contributed by atoms with Crippen LogP contribution in [0.5, 0.6) is 5.88 Å². The highest BCUT2D eigenvalue weighted by molar-refractivity contribution is 9.10. The van der Waals surface area contributed by atoms with Crippen molar-refractivity contribution < 1.29 is 4.74 Å². The Bertz CT molecular complexity index is 960. The standard InChI is InChI=1S/C19H13BrCl3NO/c1-10-15(21)9-16(24-19(10)25-2)13-7-3-5-11(17(13)22)12-6-4-8-14(20)18(12)23/h3-9H,1-2H3. The Hall–Kier alpha value is -1.26. The van der Waals surface area contributed by atoms with Gasteiger partial charge in [0.15, 0.2) is 0 Å². The van der Waals surface area contributed by atoms with Crippen LogP contribution < -0.4 is 4.74 Å². The van der Waals surface area contributed by atoms with Gasteiger partial charge in [0.1, 0.15) is 0 Å². The Kier molecular flexibility index (Phi) is 5.59. The van der Waals surface area contributed by atoms with Gasteiger partial charge in [-0.25, -0.2) is 4.98 Å². The normalized spacial score (nSPS) is 10.8. The second-order valence-corrected chi connectivity index (χ2v) is 7.41. The molecule has 0 N–H and O–H groups in total. The zero-order chi connectivity index (χ0) is 18.1. The SMILES string of the molecule is COc1nc(-c2cccc(-c3cccc(Br)c3Cl)c2Cl)cc(Cl)c1C. The zero-order valence-corrected chi connectivity index (χ0v) is 17.3. The number of hydrogen-bond donors (Lipinski definition) is 0. The van der Waals surface area contributed by atoms with Crippen molar-refractivity contribution in [1.29, 1.82) is 0 Å². The van der Waals surface area contributed by atoms with Crippen molar-refractivity contribution in [3.63, 3.8) is 0 Å². The van der Waals surface area contributed by atoms with E-state index in [1.165, 1.54) is 0 Å². The van der Waals surface area contributed by atoms with Crippen LogP contribution in [0, 0.1) is 6.92 Å². The summed E-state index contributed by atoms with van der Waals surface area (Å²) in [5.74, 6) is 0.476. The molecule has 0 spiro atoms. The molecule has 1 aromatic heterocycles. The Labute approximate surface area is 169 Å². The summed E-state index contributed by atoms with van der Waals surface area (Å²) in [5.41, 5.74) is 3.85. The molecule has 0 aliphatic carbocycles. The molecule has 3 aromatic rings. The molecule has 2 aromatic carbocycles. The van der Waals surface area contributed by atoms with E-state index in [-0.39, 0.29) is 0 Å². The summed E-state index contributed by atoms with van der Waals surface area (Å²) in [5, 5.41) is 1.73. The highest BCUT2D eigenvalue weighted by atomic mass is 79.9. The number of nitrogens with zero attached hydrogens (tertiary/aromatic N) is 1. The third kappa shape index (κ3) is 3.52. The summed E-state index contributed by atoms with van der Waals surface area (Å²) in [7, 11) is 1.56. The number of rotatable bonds is 3. The smallest absolute Gasteiger partial charge is 0.218 e. The second kappa shape index (κ2) is 7.55.